The standard InChI is InChI=1S/C30H27ClN4O4S/c1-16-10-23-27(26(21(16)13-25(36)37)20-7-6-19(31)12-24(20)39-30(2,3)4)40-28(35-23)17-8-9-32-22(11-17)18-14-33-29(38-5)34-15-18/h6-12,14-15H,13H2,1-5H3,(H,36,37). The van der Waals surface area contributed by atoms with Crippen molar-refractivity contribution in [1.82, 2.24) is 19.9 Å². The topological polar surface area (TPSA) is 107 Å². The van der Waals surface area contributed by atoms with Crippen LogP contribution in [0.25, 0.3) is 43.2 Å². The summed E-state index contributed by atoms with van der Waals surface area (Å²) in [5.41, 5.74) is 5.69. The molecule has 0 spiro atoms. The third-order valence-electron chi connectivity index (χ3n) is 6.08. The van der Waals surface area contributed by atoms with E-state index in [2.05, 4.69) is 15.0 Å². The zero-order chi connectivity index (χ0) is 28.6. The van der Waals surface area contributed by atoms with E-state index in [-0.39, 0.29) is 12.4 Å². The molecule has 0 bridgehead atoms. The summed E-state index contributed by atoms with van der Waals surface area (Å²) in [4.78, 5) is 29.8. The maximum atomic E-state index is 12.0. The van der Waals surface area contributed by atoms with Gasteiger partial charge in [-0.25, -0.2) is 15.0 Å². The van der Waals surface area contributed by atoms with Gasteiger partial charge in [0.05, 0.1) is 29.4 Å². The molecule has 204 valence electrons. The van der Waals surface area contributed by atoms with Gasteiger partial charge >= 0.3 is 12.0 Å². The highest BCUT2D eigenvalue weighted by Crippen LogP contribution is 2.45. The Bertz CT molecular complexity index is 1730. The molecule has 0 saturated carbocycles. The molecule has 0 saturated heterocycles. The molecule has 0 radical (unpaired) electrons. The molecule has 5 rings (SSSR count). The van der Waals surface area contributed by atoms with Crippen molar-refractivity contribution >= 4 is 39.1 Å². The van der Waals surface area contributed by atoms with Gasteiger partial charge in [0.1, 0.15) is 16.4 Å². The number of hydrogen-bond donors (Lipinski definition) is 1. The van der Waals surface area contributed by atoms with E-state index in [4.69, 9.17) is 26.1 Å². The molecule has 5 aromatic rings. The van der Waals surface area contributed by atoms with Gasteiger partial charge in [-0.05, 0) is 75.2 Å². The van der Waals surface area contributed by atoms with Crippen LogP contribution in [0.1, 0.15) is 31.9 Å². The quantitative estimate of drug-likeness (QED) is 0.216. The molecule has 0 amide bonds. The number of fused-ring (bicyclic) bond motifs is 1. The first kappa shape index (κ1) is 27.5. The lowest BCUT2D eigenvalue weighted by Gasteiger charge is -2.24. The van der Waals surface area contributed by atoms with Crippen LogP contribution in [0.5, 0.6) is 11.8 Å². The van der Waals surface area contributed by atoms with Crippen LogP contribution in [-0.4, -0.2) is 43.7 Å². The first-order chi connectivity index (χ1) is 19.0. The number of aromatic nitrogens is 4. The molecule has 0 aliphatic heterocycles. The number of nitrogens with zero attached hydrogens (tertiary/aromatic N) is 4. The Kier molecular flexibility index (Phi) is 7.44. The second-order valence-electron chi connectivity index (χ2n) is 10.2. The number of carbonyl (C=O) groups is 1. The van der Waals surface area contributed by atoms with Crippen molar-refractivity contribution in [1.29, 1.82) is 0 Å². The van der Waals surface area contributed by atoms with Crippen LogP contribution in [0.4, 0.5) is 0 Å². The van der Waals surface area contributed by atoms with Crippen molar-refractivity contribution in [3.8, 4) is 44.7 Å². The molecule has 8 nitrogen and oxygen atoms in total. The van der Waals surface area contributed by atoms with E-state index < -0.39 is 11.6 Å². The Morgan fingerprint density at radius 1 is 1.05 bits per heavy atom. The summed E-state index contributed by atoms with van der Waals surface area (Å²) in [6, 6.07) is 11.5. The van der Waals surface area contributed by atoms with E-state index in [1.165, 1.54) is 18.4 Å². The number of rotatable bonds is 7. The average Bonchev–Trinajstić information content (AvgIpc) is 3.32. The van der Waals surface area contributed by atoms with Gasteiger partial charge < -0.3 is 14.6 Å². The highest BCUT2D eigenvalue weighted by molar-refractivity contribution is 7.22. The van der Waals surface area contributed by atoms with Gasteiger partial charge in [-0.2, -0.15) is 0 Å². The van der Waals surface area contributed by atoms with Crippen molar-refractivity contribution in [2.75, 3.05) is 7.11 Å². The average molecular weight is 575 g/mol. The number of halogens is 1. The molecule has 1 N–H and O–H groups in total. The largest absolute Gasteiger partial charge is 0.487 e. The van der Waals surface area contributed by atoms with Crippen LogP contribution in [0.2, 0.25) is 5.02 Å². The van der Waals surface area contributed by atoms with E-state index in [1.54, 1.807) is 30.7 Å². The molecule has 3 heterocycles. The summed E-state index contributed by atoms with van der Waals surface area (Å²) in [7, 11) is 1.51. The molecule has 0 aliphatic rings. The second kappa shape index (κ2) is 10.8. The number of benzene rings is 2. The summed E-state index contributed by atoms with van der Waals surface area (Å²) in [6.07, 6.45) is 4.90. The van der Waals surface area contributed by atoms with Gasteiger partial charge in [0, 0.05) is 45.9 Å². The predicted octanol–water partition coefficient (Wildman–Crippen LogP) is 7.26. The number of aliphatic carboxylic acids is 1. The van der Waals surface area contributed by atoms with Crippen LogP contribution in [-0.2, 0) is 11.2 Å². The molecule has 0 unspecified atom stereocenters. The van der Waals surface area contributed by atoms with Crippen LogP contribution < -0.4 is 9.47 Å². The molecular formula is C30H27ClN4O4S. The lowest BCUT2D eigenvalue weighted by molar-refractivity contribution is -0.136. The number of methoxy groups -OCH3 is 1. The second-order valence-corrected chi connectivity index (χ2v) is 11.7. The molecule has 0 atom stereocenters. The van der Waals surface area contributed by atoms with Gasteiger partial charge in [-0.1, -0.05) is 11.6 Å². The van der Waals surface area contributed by atoms with Crippen LogP contribution >= 0.6 is 22.9 Å². The fourth-order valence-corrected chi connectivity index (χ4v) is 5.70. The molecule has 2 aromatic carbocycles. The Balaban J connectivity index is 1.71. The van der Waals surface area contributed by atoms with E-state index in [0.717, 1.165) is 43.0 Å². The maximum absolute atomic E-state index is 12.0. The normalized spacial score (nSPS) is 11.6. The van der Waals surface area contributed by atoms with E-state index in [9.17, 15) is 9.90 Å². The predicted molar refractivity (Wildman–Crippen MR) is 157 cm³/mol. The van der Waals surface area contributed by atoms with Gasteiger partial charge in [0.15, 0.2) is 0 Å². The minimum absolute atomic E-state index is 0.140. The lowest BCUT2D eigenvalue weighted by Crippen LogP contribution is -2.23. The molecule has 0 aliphatic carbocycles. The smallest absolute Gasteiger partial charge is 0.316 e. The minimum Gasteiger partial charge on any atom is -0.487 e. The highest BCUT2D eigenvalue weighted by Gasteiger charge is 2.24. The summed E-state index contributed by atoms with van der Waals surface area (Å²) in [5.74, 6) is -0.333. The van der Waals surface area contributed by atoms with Gasteiger partial charge in [-0.3, -0.25) is 9.78 Å². The summed E-state index contributed by atoms with van der Waals surface area (Å²) < 4.78 is 12.2. The van der Waals surface area contributed by atoms with Crippen LogP contribution in [0, 0.1) is 6.92 Å². The SMILES string of the molecule is COc1ncc(-c2cc(-c3nc4cc(C)c(CC(=O)O)c(-c5ccc(Cl)cc5OC(C)(C)C)c4s3)ccn2)cn1. The third-order valence-corrected chi connectivity index (χ3v) is 7.45. The Morgan fingerprint density at radius 3 is 2.48 bits per heavy atom. The first-order valence-corrected chi connectivity index (χ1v) is 13.7. The van der Waals surface area contributed by atoms with Crippen molar-refractivity contribution in [2.24, 2.45) is 0 Å². The van der Waals surface area contributed by atoms with Gasteiger partial charge in [0.2, 0.25) is 0 Å². The maximum Gasteiger partial charge on any atom is 0.316 e. The molecule has 40 heavy (non-hydrogen) atoms. The Labute approximate surface area is 240 Å². The van der Waals surface area contributed by atoms with E-state index in [0.29, 0.717) is 22.0 Å². The number of ether oxygens (including phenoxy) is 2. The zero-order valence-electron chi connectivity index (χ0n) is 22.7. The molecule has 3 aromatic heterocycles. The summed E-state index contributed by atoms with van der Waals surface area (Å²) in [5, 5.41) is 11.1. The van der Waals surface area contributed by atoms with Crippen LogP contribution in [0.3, 0.4) is 0 Å². The third kappa shape index (κ3) is 5.76. The number of carboxylic acids is 1. The fraction of sp³-hybridized carbons (Fsp3) is 0.233. The number of pyridine rings is 1. The van der Waals surface area contributed by atoms with E-state index >= 15 is 0 Å². The first-order valence-electron chi connectivity index (χ1n) is 12.5. The minimum atomic E-state index is -0.916. The van der Waals surface area contributed by atoms with Crippen molar-refractivity contribution in [3.05, 3.63) is 71.1 Å². The van der Waals surface area contributed by atoms with Crippen LogP contribution in [0.15, 0.2) is 55.0 Å². The van der Waals surface area contributed by atoms with Gasteiger partial charge in [-0.15, -0.1) is 11.3 Å². The number of thiazole rings is 1. The van der Waals surface area contributed by atoms with Crippen molar-refractivity contribution in [3.63, 3.8) is 0 Å². The molecular weight excluding hydrogens is 548 g/mol. The molecule has 0 fully saturated rings. The lowest BCUT2D eigenvalue weighted by atomic mass is 9.92. The van der Waals surface area contributed by atoms with Crippen molar-refractivity contribution in [2.45, 2.75) is 39.7 Å². The summed E-state index contributed by atoms with van der Waals surface area (Å²) in [6.45, 7) is 7.79. The highest BCUT2D eigenvalue weighted by atomic mass is 35.5. The van der Waals surface area contributed by atoms with E-state index in [1.807, 2.05) is 52.0 Å². The Morgan fingerprint density at radius 2 is 1.80 bits per heavy atom. The van der Waals surface area contributed by atoms with Gasteiger partial charge in [0.25, 0.3) is 0 Å². The monoisotopic (exact) mass is 574 g/mol. The van der Waals surface area contributed by atoms with Crippen molar-refractivity contribution < 1.29 is 19.4 Å². The molecule has 10 heteroatoms. The zero-order valence-corrected chi connectivity index (χ0v) is 24.2. The summed E-state index contributed by atoms with van der Waals surface area (Å²) >= 11 is 7.86. The number of hydrogen-bond acceptors (Lipinski definition) is 8. The number of aryl methyl sites for hydroxylation is 1. The number of carboxylic acid groups (broad SMARTS) is 1. The fourth-order valence-electron chi connectivity index (χ4n) is 4.41. The Hall–Kier alpha value is -4.08.